The highest BCUT2D eigenvalue weighted by atomic mass is 19.1. The van der Waals surface area contributed by atoms with Gasteiger partial charge >= 0.3 is 0 Å². The molecule has 0 nitrogen and oxygen atoms in total. The minimum absolute atomic E-state index is 0.156. The topological polar surface area (TPSA) is 0 Å². The second-order valence-corrected chi connectivity index (χ2v) is 6.31. The van der Waals surface area contributed by atoms with Gasteiger partial charge in [0, 0.05) is 0 Å². The van der Waals surface area contributed by atoms with Crippen LogP contribution >= 0.6 is 0 Å². The highest BCUT2D eigenvalue weighted by Crippen LogP contribution is 2.52. The van der Waals surface area contributed by atoms with Crippen LogP contribution < -0.4 is 0 Å². The summed E-state index contributed by atoms with van der Waals surface area (Å²) in [5.41, 5.74) is 4.61. The van der Waals surface area contributed by atoms with E-state index in [0.717, 1.165) is 18.8 Å². The summed E-state index contributed by atoms with van der Waals surface area (Å²) < 4.78 is 12.9. The lowest BCUT2D eigenvalue weighted by molar-refractivity contribution is 0.297. The molecule has 0 aromatic heterocycles. The number of halogens is 1. The van der Waals surface area contributed by atoms with Crippen LogP contribution in [0.25, 0.3) is 0 Å². The lowest BCUT2D eigenvalue weighted by atomic mass is 9.71. The van der Waals surface area contributed by atoms with Crippen LogP contribution in [0.2, 0.25) is 0 Å². The van der Waals surface area contributed by atoms with Crippen molar-refractivity contribution in [3.63, 3.8) is 0 Å². The van der Waals surface area contributed by atoms with Gasteiger partial charge < -0.3 is 0 Å². The van der Waals surface area contributed by atoms with Crippen molar-refractivity contribution in [3.8, 4) is 0 Å². The predicted molar refractivity (Wildman–Crippen MR) is 77.4 cm³/mol. The molecule has 0 N–H and O–H groups in total. The van der Waals surface area contributed by atoms with E-state index >= 15 is 0 Å². The zero-order valence-corrected chi connectivity index (χ0v) is 11.7. The summed E-state index contributed by atoms with van der Waals surface area (Å²) in [7, 11) is 0. The molecule has 0 saturated heterocycles. The van der Waals surface area contributed by atoms with Crippen LogP contribution in [0.3, 0.4) is 0 Å². The van der Waals surface area contributed by atoms with E-state index in [1.807, 2.05) is 12.1 Å². The average molecular weight is 256 g/mol. The Hall–Kier alpha value is -1.37. The molecule has 1 aromatic carbocycles. The summed E-state index contributed by atoms with van der Waals surface area (Å²) >= 11 is 0. The summed E-state index contributed by atoms with van der Waals surface area (Å²) in [5.74, 6) is 0.638. The maximum Gasteiger partial charge on any atom is 0.123 e. The lowest BCUT2D eigenvalue weighted by Gasteiger charge is -2.33. The first-order chi connectivity index (χ1) is 9.08. The van der Waals surface area contributed by atoms with E-state index in [1.54, 1.807) is 17.7 Å². The summed E-state index contributed by atoms with van der Waals surface area (Å²) in [6.07, 6.45) is 9.44. The van der Waals surface area contributed by atoms with Gasteiger partial charge in [0.2, 0.25) is 0 Å². The van der Waals surface area contributed by atoms with E-state index in [4.69, 9.17) is 0 Å². The molecule has 2 atom stereocenters. The molecule has 19 heavy (non-hydrogen) atoms. The molecular weight excluding hydrogens is 235 g/mol. The Balaban J connectivity index is 1.78. The van der Waals surface area contributed by atoms with Crippen molar-refractivity contribution >= 4 is 0 Å². The Kier molecular flexibility index (Phi) is 3.08. The standard InChI is InChI=1S/C18H21F/c1-13-3-6-16-12-15(9-10-18(13,16)2)11-14-4-7-17(19)8-5-14/h4-5,7-9,12-13H,3,6,10-11H2,1-2H3. The molecule has 2 unspecified atom stereocenters. The fourth-order valence-electron chi connectivity index (χ4n) is 3.45. The molecule has 0 aliphatic heterocycles. The van der Waals surface area contributed by atoms with Crippen molar-refractivity contribution < 1.29 is 4.39 Å². The van der Waals surface area contributed by atoms with Crippen molar-refractivity contribution in [1.82, 2.24) is 0 Å². The molecule has 2 aliphatic rings. The third-order valence-corrected chi connectivity index (χ3v) is 5.14. The van der Waals surface area contributed by atoms with E-state index in [9.17, 15) is 4.39 Å². The van der Waals surface area contributed by atoms with Gasteiger partial charge in [-0.1, -0.05) is 43.7 Å². The van der Waals surface area contributed by atoms with Crippen molar-refractivity contribution in [2.45, 2.75) is 39.5 Å². The van der Waals surface area contributed by atoms with Gasteiger partial charge in [-0.15, -0.1) is 0 Å². The Morgan fingerprint density at radius 2 is 2.00 bits per heavy atom. The molecule has 1 aromatic rings. The first kappa shape index (κ1) is 12.7. The Bertz CT molecular complexity index is 535. The average Bonchev–Trinajstić information content (AvgIpc) is 2.69. The van der Waals surface area contributed by atoms with Gasteiger partial charge in [-0.2, -0.15) is 0 Å². The molecule has 3 rings (SSSR count). The number of rotatable bonds is 2. The first-order valence-electron chi connectivity index (χ1n) is 7.22. The summed E-state index contributed by atoms with van der Waals surface area (Å²) in [4.78, 5) is 0. The molecule has 0 bridgehead atoms. The van der Waals surface area contributed by atoms with E-state index in [2.05, 4.69) is 26.0 Å². The van der Waals surface area contributed by atoms with Crippen molar-refractivity contribution in [3.05, 3.63) is 58.9 Å². The number of hydrogen-bond acceptors (Lipinski definition) is 0. The molecular formula is C18H21F. The Labute approximate surface area is 115 Å². The molecule has 0 radical (unpaired) electrons. The number of fused-ring (bicyclic) bond motifs is 1. The third kappa shape index (κ3) is 2.27. The number of benzene rings is 1. The van der Waals surface area contributed by atoms with Crippen LogP contribution in [0.5, 0.6) is 0 Å². The third-order valence-electron chi connectivity index (χ3n) is 5.14. The highest BCUT2D eigenvalue weighted by Gasteiger charge is 2.40. The molecule has 1 heteroatoms. The molecule has 0 heterocycles. The molecule has 2 aliphatic carbocycles. The maximum atomic E-state index is 12.9. The van der Waals surface area contributed by atoms with E-state index in [1.165, 1.54) is 24.0 Å². The summed E-state index contributed by atoms with van der Waals surface area (Å²) in [5, 5.41) is 0. The number of allylic oxidation sites excluding steroid dienone is 4. The monoisotopic (exact) mass is 256 g/mol. The van der Waals surface area contributed by atoms with Gasteiger partial charge in [0.1, 0.15) is 5.82 Å². The normalized spacial score (nSPS) is 29.7. The fraction of sp³-hybridized carbons (Fsp3) is 0.444. The van der Waals surface area contributed by atoms with Crippen LogP contribution in [0, 0.1) is 17.2 Å². The second kappa shape index (κ2) is 4.63. The van der Waals surface area contributed by atoms with Crippen LogP contribution in [0.4, 0.5) is 4.39 Å². The van der Waals surface area contributed by atoms with Gasteiger partial charge in [-0.25, -0.2) is 4.39 Å². The second-order valence-electron chi connectivity index (χ2n) is 6.31. The Morgan fingerprint density at radius 1 is 1.26 bits per heavy atom. The number of hydrogen-bond donors (Lipinski definition) is 0. The first-order valence-corrected chi connectivity index (χ1v) is 7.22. The van der Waals surface area contributed by atoms with Gasteiger partial charge in [0.25, 0.3) is 0 Å². The van der Waals surface area contributed by atoms with Crippen molar-refractivity contribution in [2.24, 2.45) is 11.3 Å². The summed E-state index contributed by atoms with van der Waals surface area (Å²) in [6.45, 7) is 4.78. The van der Waals surface area contributed by atoms with E-state index in [-0.39, 0.29) is 5.82 Å². The molecule has 1 fully saturated rings. The predicted octanol–water partition coefficient (Wildman–Crippen LogP) is 5.06. The van der Waals surface area contributed by atoms with Gasteiger partial charge in [-0.3, -0.25) is 0 Å². The summed E-state index contributed by atoms with van der Waals surface area (Å²) in [6, 6.07) is 6.88. The minimum Gasteiger partial charge on any atom is -0.207 e. The molecule has 0 spiro atoms. The van der Waals surface area contributed by atoms with Crippen LogP contribution in [-0.2, 0) is 6.42 Å². The quantitative estimate of drug-likeness (QED) is 0.693. The van der Waals surface area contributed by atoms with Crippen LogP contribution in [0.1, 0.15) is 38.7 Å². The van der Waals surface area contributed by atoms with Gasteiger partial charge in [-0.05, 0) is 60.3 Å². The van der Waals surface area contributed by atoms with Crippen molar-refractivity contribution in [1.29, 1.82) is 0 Å². The van der Waals surface area contributed by atoms with Crippen LogP contribution in [-0.4, -0.2) is 0 Å². The van der Waals surface area contributed by atoms with Gasteiger partial charge in [0.15, 0.2) is 0 Å². The van der Waals surface area contributed by atoms with E-state index in [0.29, 0.717) is 5.41 Å². The largest absolute Gasteiger partial charge is 0.207 e. The molecule has 1 saturated carbocycles. The van der Waals surface area contributed by atoms with Gasteiger partial charge in [0.05, 0.1) is 0 Å². The van der Waals surface area contributed by atoms with E-state index < -0.39 is 0 Å². The zero-order chi connectivity index (χ0) is 13.5. The molecule has 0 amide bonds. The molecule has 100 valence electrons. The fourth-order valence-corrected chi connectivity index (χ4v) is 3.45. The SMILES string of the molecule is CC1CCC2=CC(Cc3ccc(F)cc3)=CCC21C. The smallest absolute Gasteiger partial charge is 0.123 e. The van der Waals surface area contributed by atoms with Crippen LogP contribution in [0.15, 0.2) is 47.6 Å². The Morgan fingerprint density at radius 3 is 2.74 bits per heavy atom. The minimum atomic E-state index is -0.156. The van der Waals surface area contributed by atoms with Crippen molar-refractivity contribution in [2.75, 3.05) is 0 Å². The maximum absolute atomic E-state index is 12.9. The zero-order valence-electron chi connectivity index (χ0n) is 11.7. The highest BCUT2D eigenvalue weighted by molar-refractivity contribution is 5.38. The lowest BCUT2D eigenvalue weighted by Crippen LogP contribution is -2.23.